The summed E-state index contributed by atoms with van der Waals surface area (Å²) in [7, 11) is 0. The Balaban J connectivity index is 1.92. The van der Waals surface area contributed by atoms with Crippen LogP contribution in [0.5, 0.6) is 17.2 Å². The van der Waals surface area contributed by atoms with Crippen LogP contribution < -0.4 is 9.47 Å². The zero-order valence-corrected chi connectivity index (χ0v) is 18.2. The quantitative estimate of drug-likeness (QED) is 0.373. The largest absolute Gasteiger partial charge is 0.456 e. The maximum Gasteiger partial charge on any atom is 0.308 e. The Bertz CT molecular complexity index is 1350. The molecule has 0 saturated carbocycles. The van der Waals surface area contributed by atoms with Crippen LogP contribution in [0.15, 0.2) is 36.4 Å². The minimum absolute atomic E-state index is 0.265. The number of carbonyl (C=O) groups is 1. The van der Waals surface area contributed by atoms with Gasteiger partial charge in [-0.1, -0.05) is 13.0 Å². The lowest BCUT2D eigenvalue weighted by molar-refractivity contribution is -0.131. The molecule has 31 heavy (non-hydrogen) atoms. The van der Waals surface area contributed by atoms with Crippen molar-refractivity contribution in [1.29, 1.82) is 0 Å². The zero-order chi connectivity index (χ0) is 22.3. The molecule has 0 amide bonds. The molecule has 0 saturated heterocycles. The average molecular weight is 418 g/mol. The molecule has 2 heterocycles. The number of aryl methyl sites for hydroxylation is 3. The van der Waals surface area contributed by atoms with Crippen LogP contribution in [0.2, 0.25) is 0 Å². The van der Waals surface area contributed by atoms with E-state index in [-0.39, 0.29) is 5.52 Å². The lowest BCUT2D eigenvalue weighted by Gasteiger charge is -2.16. The van der Waals surface area contributed by atoms with E-state index in [0.717, 1.165) is 28.8 Å². The number of hydrogen-bond acceptors (Lipinski definition) is 5. The van der Waals surface area contributed by atoms with Gasteiger partial charge in [0, 0.05) is 40.7 Å². The van der Waals surface area contributed by atoms with Crippen molar-refractivity contribution in [2.75, 3.05) is 0 Å². The highest BCUT2D eigenvalue weighted by Gasteiger charge is 2.17. The van der Waals surface area contributed by atoms with Crippen LogP contribution in [0.1, 0.15) is 36.4 Å². The predicted molar refractivity (Wildman–Crippen MR) is 118 cm³/mol. The molecular weight excluding hydrogens is 395 g/mol. The summed E-state index contributed by atoms with van der Waals surface area (Å²) in [6.45, 7) is 9.00. The number of aromatic nitrogens is 2. The van der Waals surface area contributed by atoms with E-state index in [0.29, 0.717) is 33.7 Å². The minimum Gasteiger partial charge on any atom is -0.456 e. The van der Waals surface area contributed by atoms with Crippen molar-refractivity contribution in [3.8, 4) is 17.2 Å². The first kappa shape index (κ1) is 20.7. The first-order valence-electron chi connectivity index (χ1n) is 10.1. The van der Waals surface area contributed by atoms with Crippen molar-refractivity contribution in [2.24, 2.45) is 0 Å². The van der Waals surface area contributed by atoms with E-state index >= 15 is 0 Å². The van der Waals surface area contributed by atoms with E-state index < -0.39 is 11.8 Å². The Morgan fingerprint density at radius 2 is 1.81 bits per heavy atom. The van der Waals surface area contributed by atoms with Crippen LogP contribution >= 0.6 is 0 Å². The van der Waals surface area contributed by atoms with Gasteiger partial charge >= 0.3 is 5.97 Å². The highest BCUT2D eigenvalue weighted by Crippen LogP contribution is 2.38. The number of pyridine rings is 2. The summed E-state index contributed by atoms with van der Waals surface area (Å²) >= 11 is 0. The summed E-state index contributed by atoms with van der Waals surface area (Å²) in [6.07, 6.45) is 0.723. The molecule has 0 aliphatic carbocycles. The van der Waals surface area contributed by atoms with Gasteiger partial charge in [-0.3, -0.25) is 9.78 Å². The lowest BCUT2D eigenvalue weighted by Crippen LogP contribution is -2.06. The monoisotopic (exact) mass is 418 g/mol. The number of nitrogens with zero attached hydrogens (tertiary/aromatic N) is 2. The molecule has 0 aliphatic rings. The highest BCUT2D eigenvalue weighted by atomic mass is 19.1. The first-order chi connectivity index (χ1) is 14.8. The molecule has 4 aromatic rings. The van der Waals surface area contributed by atoms with Crippen LogP contribution in [0.25, 0.3) is 21.8 Å². The van der Waals surface area contributed by atoms with Crippen LogP contribution in [0, 0.1) is 26.6 Å². The number of ether oxygens (including phenoxy) is 2. The van der Waals surface area contributed by atoms with Crippen LogP contribution in [-0.4, -0.2) is 15.9 Å². The van der Waals surface area contributed by atoms with E-state index in [9.17, 15) is 9.18 Å². The second kappa shape index (κ2) is 7.95. The van der Waals surface area contributed by atoms with Gasteiger partial charge in [0.2, 0.25) is 0 Å². The molecule has 0 N–H and O–H groups in total. The van der Waals surface area contributed by atoms with Gasteiger partial charge in [0.1, 0.15) is 28.6 Å². The van der Waals surface area contributed by atoms with E-state index in [4.69, 9.17) is 14.5 Å². The molecule has 5 nitrogen and oxygen atoms in total. The molecule has 2 aromatic heterocycles. The van der Waals surface area contributed by atoms with Gasteiger partial charge in [-0.05, 0) is 57.0 Å². The molecule has 0 bridgehead atoms. The summed E-state index contributed by atoms with van der Waals surface area (Å²) < 4.78 is 26.1. The van der Waals surface area contributed by atoms with Gasteiger partial charge in [0.15, 0.2) is 0 Å². The number of fused-ring (bicyclic) bond motifs is 2. The Morgan fingerprint density at radius 3 is 2.52 bits per heavy atom. The smallest absolute Gasteiger partial charge is 0.308 e. The summed E-state index contributed by atoms with van der Waals surface area (Å²) in [5.74, 6) is 0.772. The third-order valence-corrected chi connectivity index (χ3v) is 5.25. The fourth-order valence-corrected chi connectivity index (χ4v) is 3.75. The Labute approximate surface area is 179 Å². The van der Waals surface area contributed by atoms with Crippen molar-refractivity contribution in [1.82, 2.24) is 9.97 Å². The van der Waals surface area contributed by atoms with Crippen LogP contribution in [-0.2, 0) is 11.2 Å². The molecule has 2 aromatic carbocycles. The number of para-hydroxylation sites is 1. The Hall–Kier alpha value is -3.54. The van der Waals surface area contributed by atoms with E-state index in [1.807, 2.05) is 32.9 Å². The van der Waals surface area contributed by atoms with E-state index in [2.05, 4.69) is 4.98 Å². The number of hydrogen-bond donors (Lipinski definition) is 0. The molecule has 0 aliphatic heterocycles. The van der Waals surface area contributed by atoms with Gasteiger partial charge in [0.25, 0.3) is 0 Å². The van der Waals surface area contributed by atoms with Crippen molar-refractivity contribution in [2.45, 2.75) is 41.0 Å². The summed E-state index contributed by atoms with van der Waals surface area (Å²) in [6, 6.07) is 10.3. The number of halogens is 1. The summed E-state index contributed by atoms with van der Waals surface area (Å²) in [5, 5.41) is 1.27. The summed E-state index contributed by atoms with van der Waals surface area (Å²) in [4.78, 5) is 20.8. The SMILES string of the molecule is CCc1nc2cc(C)c(Oc3cc(C)nc4c(F)cccc34)cc2c(OC(C)=O)c1C. The Morgan fingerprint density at radius 1 is 1.03 bits per heavy atom. The molecule has 4 rings (SSSR count). The number of carbonyl (C=O) groups excluding carboxylic acids is 1. The molecule has 0 atom stereocenters. The third-order valence-electron chi connectivity index (χ3n) is 5.25. The van der Waals surface area contributed by atoms with E-state index in [1.165, 1.54) is 13.0 Å². The molecule has 0 fully saturated rings. The van der Waals surface area contributed by atoms with Crippen LogP contribution in [0.3, 0.4) is 0 Å². The second-order valence-corrected chi connectivity index (χ2v) is 7.59. The molecule has 6 heteroatoms. The van der Waals surface area contributed by atoms with Crippen molar-refractivity contribution >= 4 is 27.8 Å². The second-order valence-electron chi connectivity index (χ2n) is 7.59. The standard InChI is InChI=1S/C25H23FN2O3/c1-6-20-15(4)25(30-16(5)29)18-12-22(13(2)10-21(18)28-20)31-23-11-14(3)27-24-17(23)8-7-9-19(24)26/h7-12H,6H2,1-5H3. The van der Waals surface area contributed by atoms with Crippen molar-refractivity contribution in [3.63, 3.8) is 0 Å². The van der Waals surface area contributed by atoms with Gasteiger partial charge in [-0.25, -0.2) is 9.37 Å². The molecule has 0 unspecified atom stereocenters. The topological polar surface area (TPSA) is 61.3 Å². The fraction of sp³-hybridized carbons (Fsp3) is 0.240. The average Bonchev–Trinajstić information content (AvgIpc) is 2.71. The van der Waals surface area contributed by atoms with Gasteiger partial charge in [-0.15, -0.1) is 0 Å². The van der Waals surface area contributed by atoms with Gasteiger partial charge < -0.3 is 9.47 Å². The Kier molecular flexibility index (Phi) is 5.31. The fourth-order valence-electron chi connectivity index (χ4n) is 3.75. The van der Waals surface area contributed by atoms with Crippen molar-refractivity contribution < 1.29 is 18.7 Å². The maximum absolute atomic E-state index is 14.3. The third kappa shape index (κ3) is 3.81. The zero-order valence-electron chi connectivity index (χ0n) is 18.2. The number of benzene rings is 2. The molecule has 0 radical (unpaired) electrons. The van der Waals surface area contributed by atoms with Crippen LogP contribution in [0.4, 0.5) is 4.39 Å². The van der Waals surface area contributed by atoms with E-state index in [1.54, 1.807) is 25.1 Å². The molecule has 158 valence electrons. The van der Waals surface area contributed by atoms with Gasteiger partial charge in [-0.2, -0.15) is 0 Å². The maximum atomic E-state index is 14.3. The first-order valence-corrected chi connectivity index (χ1v) is 10.1. The molecule has 0 spiro atoms. The summed E-state index contributed by atoms with van der Waals surface area (Å²) in [5.41, 5.74) is 4.21. The predicted octanol–water partition coefficient (Wildman–Crippen LogP) is 6.13. The number of esters is 1. The van der Waals surface area contributed by atoms with Gasteiger partial charge in [0.05, 0.1) is 5.52 Å². The number of rotatable bonds is 4. The lowest BCUT2D eigenvalue weighted by atomic mass is 10.0. The highest BCUT2D eigenvalue weighted by molar-refractivity contribution is 5.91. The minimum atomic E-state index is -0.398. The normalized spacial score (nSPS) is 11.2. The molecular formula is C25H23FN2O3. The van der Waals surface area contributed by atoms with Crippen molar-refractivity contribution in [3.05, 3.63) is 64.7 Å².